The molecule has 0 aromatic carbocycles. The van der Waals surface area contributed by atoms with Crippen LogP contribution in [0.5, 0.6) is 0 Å². The van der Waals surface area contributed by atoms with E-state index in [9.17, 15) is 4.79 Å². The number of nitrogens with one attached hydrogen (secondary N) is 1. The lowest BCUT2D eigenvalue weighted by Gasteiger charge is -2.04. The number of hydrogen-bond donors (Lipinski definition) is 2. The predicted octanol–water partition coefficient (Wildman–Crippen LogP) is 0.448. The minimum Gasteiger partial charge on any atom is -0.464 e. The Morgan fingerprint density at radius 2 is 2.25 bits per heavy atom. The first-order valence-electron chi connectivity index (χ1n) is 5.03. The van der Waals surface area contributed by atoms with Crippen LogP contribution in [0.25, 0.3) is 0 Å². The molecule has 0 aliphatic carbocycles. The molecular formula is C10H15N3O3. The number of esters is 1. The van der Waals surface area contributed by atoms with Crippen LogP contribution in [-0.2, 0) is 4.74 Å². The molecule has 0 fully saturated rings. The van der Waals surface area contributed by atoms with Crippen molar-refractivity contribution in [2.24, 2.45) is 0 Å². The Bertz CT molecular complexity index is 327. The zero-order chi connectivity index (χ0) is 11.8. The highest BCUT2D eigenvalue weighted by atomic mass is 16.5. The maximum Gasteiger partial charge on any atom is 0.358 e. The van der Waals surface area contributed by atoms with Gasteiger partial charge >= 0.3 is 5.97 Å². The van der Waals surface area contributed by atoms with E-state index in [2.05, 4.69) is 20.0 Å². The number of aliphatic hydroxyl groups excluding tert-OH is 1. The zero-order valence-electron chi connectivity index (χ0n) is 9.14. The molecule has 6 nitrogen and oxygen atoms in total. The number of carbonyl (C=O) groups excluding carboxylic acids is 1. The zero-order valence-corrected chi connectivity index (χ0v) is 9.14. The van der Waals surface area contributed by atoms with E-state index in [0.717, 1.165) is 12.8 Å². The Kier molecular flexibility index (Phi) is 5.21. The van der Waals surface area contributed by atoms with Crippen molar-refractivity contribution in [2.45, 2.75) is 12.8 Å². The van der Waals surface area contributed by atoms with Crippen LogP contribution in [0.2, 0.25) is 0 Å². The smallest absolute Gasteiger partial charge is 0.358 e. The molecule has 16 heavy (non-hydrogen) atoms. The third-order valence-corrected chi connectivity index (χ3v) is 1.94. The van der Waals surface area contributed by atoms with Gasteiger partial charge in [0.2, 0.25) is 0 Å². The fraction of sp³-hybridized carbons (Fsp3) is 0.500. The molecule has 0 aliphatic rings. The summed E-state index contributed by atoms with van der Waals surface area (Å²) < 4.78 is 4.50. The summed E-state index contributed by atoms with van der Waals surface area (Å²) in [5, 5.41) is 11.6. The van der Waals surface area contributed by atoms with Gasteiger partial charge in [-0.1, -0.05) is 0 Å². The normalized spacial score (nSPS) is 9.88. The Hall–Kier alpha value is -1.69. The largest absolute Gasteiger partial charge is 0.464 e. The van der Waals surface area contributed by atoms with Crippen LogP contribution in [0.4, 0.5) is 5.82 Å². The van der Waals surface area contributed by atoms with Gasteiger partial charge in [-0.25, -0.2) is 14.8 Å². The van der Waals surface area contributed by atoms with Crippen molar-refractivity contribution >= 4 is 11.8 Å². The second-order valence-electron chi connectivity index (χ2n) is 3.14. The van der Waals surface area contributed by atoms with Gasteiger partial charge in [-0.2, -0.15) is 0 Å². The van der Waals surface area contributed by atoms with Gasteiger partial charge in [-0.05, 0) is 12.8 Å². The molecule has 0 saturated heterocycles. The molecule has 0 atom stereocenters. The summed E-state index contributed by atoms with van der Waals surface area (Å²) in [6.45, 7) is 0.904. The van der Waals surface area contributed by atoms with Crippen molar-refractivity contribution in [2.75, 3.05) is 25.6 Å². The second-order valence-corrected chi connectivity index (χ2v) is 3.14. The SMILES string of the molecule is COC(=O)c1cnc(NCCCCO)cn1. The van der Waals surface area contributed by atoms with E-state index in [1.165, 1.54) is 19.5 Å². The highest BCUT2D eigenvalue weighted by Crippen LogP contribution is 2.02. The number of aromatic nitrogens is 2. The van der Waals surface area contributed by atoms with Crippen LogP contribution in [-0.4, -0.2) is 41.3 Å². The molecule has 1 heterocycles. The summed E-state index contributed by atoms with van der Waals surface area (Å²) in [4.78, 5) is 19.0. The van der Waals surface area contributed by atoms with E-state index in [1.807, 2.05) is 0 Å². The highest BCUT2D eigenvalue weighted by molar-refractivity contribution is 5.86. The number of rotatable bonds is 6. The second kappa shape index (κ2) is 6.73. The Morgan fingerprint density at radius 1 is 1.44 bits per heavy atom. The van der Waals surface area contributed by atoms with Crippen molar-refractivity contribution in [1.82, 2.24) is 9.97 Å². The summed E-state index contributed by atoms with van der Waals surface area (Å²) in [5.74, 6) is 0.102. The summed E-state index contributed by atoms with van der Waals surface area (Å²) >= 11 is 0. The topological polar surface area (TPSA) is 84.3 Å². The van der Waals surface area contributed by atoms with E-state index < -0.39 is 5.97 Å². The molecule has 0 amide bonds. The third-order valence-electron chi connectivity index (χ3n) is 1.94. The fourth-order valence-electron chi connectivity index (χ4n) is 1.08. The number of anilines is 1. The molecule has 0 radical (unpaired) electrons. The fourth-order valence-corrected chi connectivity index (χ4v) is 1.08. The van der Waals surface area contributed by atoms with E-state index in [4.69, 9.17) is 5.11 Å². The summed E-state index contributed by atoms with van der Waals surface area (Å²) in [5.41, 5.74) is 0.184. The Balaban J connectivity index is 2.42. The first kappa shape index (κ1) is 12.4. The average Bonchev–Trinajstić information content (AvgIpc) is 2.34. The van der Waals surface area contributed by atoms with Gasteiger partial charge in [0.25, 0.3) is 0 Å². The minimum atomic E-state index is -0.501. The van der Waals surface area contributed by atoms with Crippen LogP contribution >= 0.6 is 0 Å². The van der Waals surface area contributed by atoms with Gasteiger partial charge in [0.15, 0.2) is 5.69 Å². The standard InChI is InChI=1S/C10H15N3O3/c1-16-10(15)8-6-13-9(7-12-8)11-4-2-3-5-14/h6-7,14H,2-5H2,1H3,(H,11,13). The number of carbonyl (C=O) groups is 1. The lowest BCUT2D eigenvalue weighted by Crippen LogP contribution is -2.08. The monoisotopic (exact) mass is 225 g/mol. The van der Waals surface area contributed by atoms with E-state index in [1.54, 1.807) is 0 Å². The molecule has 88 valence electrons. The summed E-state index contributed by atoms with van der Waals surface area (Å²) in [6.07, 6.45) is 4.45. The summed E-state index contributed by atoms with van der Waals surface area (Å²) in [6, 6.07) is 0. The molecule has 6 heteroatoms. The number of methoxy groups -OCH3 is 1. The molecule has 0 bridgehead atoms. The number of ether oxygens (including phenoxy) is 1. The summed E-state index contributed by atoms with van der Waals surface area (Å²) in [7, 11) is 1.30. The van der Waals surface area contributed by atoms with Crippen LogP contribution in [0.1, 0.15) is 23.3 Å². The van der Waals surface area contributed by atoms with Crippen molar-refractivity contribution < 1.29 is 14.6 Å². The molecule has 1 aromatic rings. The predicted molar refractivity (Wildman–Crippen MR) is 58.2 cm³/mol. The number of unbranched alkanes of at least 4 members (excludes halogenated alkanes) is 1. The van der Waals surface area contributed by atoms with Crippen LogP contribution in [0, 0.1) is 0 Å². The van der Waals surface area contributed by atoms with Crippen molar-refractivity contribution in [3.05, 3.63) is 18.1 Å². The number of aliphatic hydroxyl groups is 1. The van der Waals surface area contributed by atoms with Gasteiger partial charge < -0.3 is 15.2 Å². The van der Waals surface area contributed by atoms with Gasteiger partial charge in [-0.15, -0.1) is 0 Å². The Morgan fingerprint density at radius 3 is 2.81 bits per heavy atom. The van der Waals surface area contributed by atoms with Crippen molar-refractivity contribution in [3.8, 4) is 0 Å². The van der Waals surface area contributed by atoms with Crippen LogP contribution in [0.3, 0.4) is 0 Å². The Labute approximate surface area is 93.7 Å². The van der Waals surface area contributed by atoms with Gasteiger partial charge in [-0.3, -0.25) is 0 Å². The first-order valence-corrected chi connectivity index (χ1v) is 5.03. The maximum absolute atomic E-state index is 11.1. The van der Waals surface area contributed by atoms with Gasteiger partial charge in [0, 0.05) is 13.2 Å². The van der Waals surface area contributed by atoms with Gasteiger partial charge in [0.1, 0.15) is 5.82 Å². The average molecular weight is 225 g/mol. The van der Waals surface area contributed by atoms with E-state index in [0.29, 0.717) is 12.4 Å². The molecule has 1 aromatic heterocycles. The molecular weight excluding hydrogens is 210 g/mol. The quantitative estimate of drug-likeness (QED) is 0.540. The first-order chi connectivity index (χ1) is 7.77. The maximum atomic E-state index is 11.1. The lowest BCUT2D eigenvalue weighted by molar-refractivity contribution is 0.0593. The number of hydrogen-bond acceptors (Lipinski definition) is 6. The molecule has 0 saturated carbocycles. The molecule has 0 aliphatic heterocycles. The third kappa shape index (κ3) is 3.82. The molecule has 0 spiro atoms. The van der Waals surface area contributed by atoms with E-state index >= 15 is 0 Å². The molecule has 1 rings (SSSR count). The van der Waals surface area contributed by atoms with E-state index in [-0.39, 0.29) is 12.3 Å². The van der Waals surface area contributed by atoms with Crippen LogP contribution in [0.15, 0.2) is 12.4 Å². The molecule has 0 unspecified atom stereocenters. The van der Waals surface area contributed by atoms with Gasteiger partial charge in [0.05, 0.1) is 19.5 Å². The lowest BCUT2D eigenvalue weighted by atomic mass is 10.3. The molecule has 2 N–H and O–H groups in total. The minimum absolute atomic E-state index is 0.184. The van der Waals surface area contributed by atoms with Crippen molar-refractivity contribution in [1.29, 1.82) is 0 Å². The number of nitrogens with zero attached hydrogens (tertiary/aromatic N) is 2. The van der Waals surface area contributed by atoms with Crippen LogP contribution < -0.4 is 5.32 Å². The highest BCUT2D eigenvalue weighted by Gasteiger charge is 2.06. The van der Waals surface area contributed by atoms with Crippen molar-refractivity contribution in [3.63, 3.8) is 0 Å².